The van der Waals surface area contributed by atoms with E-state index in [1.807, 2.05) is 19.1 Å². The van der Waals surface area contributed by atoms with Crippen LogP contribution in [0.2, 0.25) is 0 Å². The van der Waals surface area contributed by atoms with Crippen LogP contribution in [0.4, 0.5) is 0 Å². The van der Waals surface area contributed by atoms with Crippen molar-refractivity contribution in [1.29, 1.82) is 0 Å². The summed E-state index contributed by atoms with van der Waals surface area (Å²) in [6.07, 6.45) is 2.82. The number of benzene rings is 1. The lowest BCUT2D eigenvalue weighted by Crippen LogP contribution is -2.29. The second-order valence-electron chi connectivity index (χ2n) is 4.64. The number of ether oxygens (including phenoxy) is 1. The molecule has 0 saturated carbocycles. The van der Waals surface area contributed by atoms with Crippen LogP contribution in [-0.4, -0.2) is 25.6 Å². The summed E-state index contributed by atoms with van der Waals surface area (Å²) >= 11 is 0. The lowest BCUT2D eigenvalue weighted by Gasteiger charge is -2.12. The van der Waals surface area contributed by atoms with Crippen LogP contribution in [0.25, 0.3) is 0 Å². The predicted octanol–water partition coefficient (Wildman–Crippen LogP) is 1.79. The Morgan fingerprint density at radius 3 is 2.89 bits per heavy atom. The maximum absolute atomic E-state index is 11.6. The summed E-state index contributed by atoms with van der Waals surface area (Å²) in [5.41, 5.74) is 7.81. The van der Waals surface area contributed by atoms with Gasteiger partial charge < -0.3 is 15.8 Å². The topological polar surface area (TPSA) is 64.3 Å². The van der Waals surface area contributed by atoms with Crippen LogP contribution >= 0.6 is 0 Å². The standard InChI is InChI=1S/C15H24N2O2/c1-3-4-9-17-15(18)11-19-14-6-5-12(2)10-13(14)7-8-16/h5-6,10H,3-4,7-9,11,16H2,1-2H3,(H,17,18). The highest BCUT2D eigenvalue weighted by Crippen LogP contribution is 2.20. The molecule has 0 atom stereocenters. The normalized spacial score (nSPS) is 10.3. The number of hydrogen-bond acceptors (Lipinski definition) is 3. The molecule has 4 nitrogen and oxygen atoms in total. The second-order valence-corrected chi connectivity index (χ2v) is 4.64. The molecule has 0 unspecified atom stereocenters. The van der Waals surface area contributed by atoms with Gasteiger partial charge >= 0.3 is 0 Å². The molecule has 0 aliphatic heterocycles. The summed E-state index contributed by atoms with van der Waals surface area (Å²) in [5, 5.41) is 2.83. The first-order valence-electron chi connectivity index (χ1n) is 6.86. The van der Waals surface area contributed by atoms with Crippen LogP contribution in [0.1, 0.15) is 30.9 Å². The Hall–Kier alpha value is -1.55. The fourth-order valence-corrected chi connectivity index (χ4v) is 1.80. The minimum absolute atomic E-state index is 0.0599. The quantitative estimate of drug-likeness (QED) is 0.704. The monoisotopic (exact) mass is 264 g/mol. The fourth-order valence-electron chi connectivity index (χ4n) is 1.80. The molecular formula is C15H24N2O2. The van der Waals surface area contributed by atoms with Crippen LogP contribution in [-0.2, 0) is 11.2 Å². The van der Waals surface area contributed by atoms with E-state index in [2.05, 4.69) is 18.3 Å². The third kappa shape index (κ3) is 5.75. The van der Waals surface area contributed by atoms with E-state index in [1.165, 1.54) is 5.56 Å². The number of nitrogens with one attached hydrogen (secondary N) is 1. The van der Waals surface area contributed by atoms with Crippen LogP contribution in [0, 0.1) is 6.92 Å². The number of carbonyl (C=O) groups is 1. The number of rotatable bonds is 8. The first-order chi connectivity index (χ1) is 9.17. The average molecular weight is 264 g/mol. The van der Waals surface area contributed by atoms with E-state index in [0.717, 1.165) is 30.6 Å². The molecule has 0 spiro atoms. The van der Waals surface area contributed by atoms with Gasteiger partial charge in [-0.3, -0.25) is 4.79 Å². The summed E-state index contributed by atoms with van der Waals surface area (Å²) in [5.74, 6) is 0.675. The average Bonchev–Trinajstić information content (AvgIpc) is 2.38. The van der Waals surface area contributed by atoms with Crippen LogP contribution in [0.5, 0.6) is 5.75 Å². The Kier molecular flexibility index (Phi) is 6.97. The van der Waals surface area contributed by atoms with Gasteiger partial charge in [0.25, 0.3) is 5.91 Å². The van der Waals surface area contributed by atoms with Gasteiger partial charge in [-0.15, -0.1) is 0 Å². The van der Waals surface area contributed by atoms with E-state index < -0.39 is 0 Å². The first kappa shape index (κ1) is 15.5. The summed E-state index contributed by atoms with van der Waals surface area (Å²) in [7, 11) is 0. The number of unbranched alkanes of at least 4 members (excludes halogenated alkanes) is 1. The number of hydrogen-bond donors (Lipinski definition) is 2. The van der Waals surface area contributed by atoms with Gasteiger partial charge in [-0.05, 0) is 37.9 Å². The van der Waals surface area contributed by atoms with Crippen LogP contribution < -0.4 is 15.8 Å². The molecule has 1 aromatic carbocycles. The summed E-state index contributed by atoms with van der Waals surface area (Å²) in [6, 6.07) is 5.93. The van der Waals surface area contributed by atoms with Crippen LogP contribution in [0.3, 0.4) is 0 Å². The Morgan fingerprint density at radius 2 is 2.21 bits per heavy atom. The van der Waals surface area contributed by atoms with Crippen LogP contribution in [0.15, 0.2) is 18.2 Å². The maximum atomic E-state index is 11.6. The van der Waals surface area contributed by atoms with Gasteiger partial charge in [0.05, 0.1) is 0 Å². The third-order valence-corrected chi connectivity index (χ3v) is 2.84. The Morgan fingerprint density at radius 1 is 1.42 bits per heavy atom. The Bertz CT molecular complexity index is 405. The molecule has 1 aromatic rings. The number of nitrogens with two attached hydrogens (primary N) is 1. The molecule has 0 aromatic heterocycles. The molecule has 0 fully saturated rings. The zero-order chi connectivity index (χ0) is 14.1. The highest BCUT2D eigenvalue weighted by molar-refractivity contribution is 5.77. The number of carbonyl (C=O) groups excluding carboxylic acids is 1. The molecule has 0 bridgehead atoms. The summed E-state index contributed by atoms with van der Waals surface area (Å²) in [6.45, 7) is 5.46. The molecule has 106 valence electrons. The van der Waals surface area contributed by atoms with E-state index >= 15 is 0 Å². The molecule has 1 amide bonds. The molecule has 0 aliphatic carbocycles. The van der Waals surface area contributed by atoms with Crippen molar-refractivity contribution in [2.75, 3.05) is 19.7 Å². The first-order valence-corrected chi connectivity index (χ1v) is 6.86. The van der Waals surface area contributed by atoms with Crippen molar-refractivity contribution in [3.63, 3.8) is 0 Å². The van der Waals surface area contributed by atoms with Crippen molar-refractivity contribution < 1.29 is 9.53 Å². The number of amides is 1. The van der Waals surface area contributed by atoms with E-state index in [0.29, 0.717) is 13.1 Å². The van der Waals surface area contributed by atoms with Gasteiger partial charge in [0.15, 0.2) is 6.61 Å². The molecule has 0 heterocycles. The van der Waals surface area contributed by atoms with Crippen molar-refractivity contribution in [3.05, 3.63) is 29.3 Å². The van der Waals surface area contributed by atoms with Gasteiger partial charge in [-0.25, -0.2) is 0 Å². The van der Waals surface area contributed by atoms with E-state index in [4.69, 9.17) is 10.5 Å². The van der Waals surface area contributed by atoms with Gasteiger partial charge in [0.2, 0.25) is 0 Å². The highest BCUT2D eigenvalue weighted by Gasteiger charge is 2.06. The molecule has 0 radical (unpaired) electrons. The molecule has 19 heavy (non-hydrogen) atoms. The SMILES string of the molecule is CCCCNC(=O)COc1ccc(C)cc1CCN. The lowest BCUT2D eigenvalue weighted by atomic mass is 10.1. The molecule has 0 aliphatic rings. The van der Waals surface area contributed by atoms with Gasteiger partial charge in [-0.1, -0.05) is 31.0 Å². The molecular weight excluding hydrogens is 240 g/mol. The highest BCUT2D eigenvalue weighted by atomic mass is 16.5. The molecule has 1 rings (SSSR count). The van der Waals surface area contributed by atoms with Crippen molar-refractivity contribution in [2.24, 2.45) is 5.73 Å². The zero-order valence-electron chi connectivity index (χ0n) is 11.9. The number of aryl methyl sites for hydroxylation is 1. The Labute approximate surface area is 115 Å². The zero-order valence-corrected chi connectivity index (χ0v) is 11.9. The Balaban J connectivity index is 2.50. The minimum atomic E-state index is -0.0762. The minimum Gasteiger partial charge on any atom is -0.483 e. The fraction of sp³-hybridized carbons (Fsp3) is 0.533. The lowest BCUT2D eigenvalue weighted by molar-refractivity contribution is -0.123. The molecule has 4 heteroatoms. The summed E-state index contributed by atoms with van der Waals surface area (Å²) in [4.78, 5) is 11.6. The van der Waals surface area contributed by atoms with Gasteiger partial charge in [0.1, 0.15) is 5.75 Å². The predicted molar refractivity (Wildman–Crippen MR) is 77.4 cm³/mol. The smallest absolute Gasteiger partial charge is 0.257 e. The van der Waals surface area contributed by atoms with E-state index in [-0.39, 0.29) is 12.5 Å². The van der Waals surface area contributed by atoms with Crippen molar-refractivity contribution >= 4 is 5.91 Å². The third-order valence-electron chi connectivity index (χ3n) is 2.84. The van der Waals surface area contributed by atoms with E-state index in [1.54, 1.807) is 0 Å². The van der Waals surface area contributed by atoms with Gasteiger partial charge in [-0.2, -0.15) is 0 Å². The largest absolute Gasteiger partial charge is 0.483 e. The molecule has 0 saturated heterocycles. The van der Waals surface area contributed by atoms with Crippen molar-refractivity contribution in [3.8, 4) is 5.75 Å². The maximum Gasteiger partial charge on any atom is 0.257 e. The van der Waals surface area contributed by atoms with Crippen molar-refractivity contribution in [1.82, 2.24) is 5.32 Å². The van der Waals surface area contributed by atoms with Crippen molar-refractivity contribution in [2.45, 2.75) is 33.1 Å². The summed E-state index contributed by atoms with van der Waals surface area (Å²) < 4.78 is 5.57. The second kappa shape index (κ2) is 8.53. The van der Waals surface area contributed by atoms with Gasteiger partial charge in [0, 0.05) is 6.54 Å². The molecule has 3 N–H and O–H groups in total. The van der Waals surface area contributed by atoms with E-state index in [9.17, 15) is 4.79 Å².